The summed E-state index contributed by atoms with van der Waals surface area (Å²) in [4.78, 5) is 24.9. The maximum atomic E-state index is 12.7. The number of carbonyl (C=O) groups excluding carboxylic acids is 2. The van der Waals surface area contributed by atoms with Crippen LogP contribution in [0, 0.1) is 6.92 Å². The molecule has 7 nitrogen and oxygen atoms in total. The van der Waals surface area contributed by atoms with Gasteiger partial charge in [-0.05, 0) is 44.4 Å². The second-order valence-corrected chi connectivity index (χ2v) is 9.04. The number of nitrogens with zero attached hydrogens (tertiary/aromatic N) is 1. The number of ether oxygens (including phenoxy) is 1. The van der Waals surface area contributed by atoms with Crippen molar-refractivity contribution >= 4 is 21.9 Å². The maximum absolute atomic E-state index is 12.7. The number of aryl methyl sites for hydroxylation is 1. The molecule has 1 aromatic carbocycles. The molecule has 0 aliphatic heterocycles. The Morgan fingerprint density at radius 1 is 1.21 bits per heavy atom. The van der Waals surface area contributed by atoms with Crippen LogP contribution in [0.2, 0.25) is 0 Å². The smallest absolute Gasteiger partial charge is 0.339 e. The van der Waals surface area contributed by atoms with Crippen molar-refractivity contribution in [3.8, 4) is 0 Å². The van der Waals surface area contributed by atoms with Gasteiger partial charge in [-0.3, -0.25) is 4.79 Å². The molecule has 1 fully saturated rings. The first-order valence-electron chi connectivity index (χ1n) is 9.82. The Balaban J connectivity index is 2.15. The Kier molecular flexibility index (Phi) is 7.60. The van der Waals surface area contributed by atoms with E-state index in [1.165, 1.54) is 23.4 Å². The highest BCUT2D eigenvalue weighted by Crippen LogP contribution is 2.21. The van der Waals surface area contributed by atoms with Crippen LogP contribution in [-0.2, 0) is 19.6 Å². The lowest BCUT2D eigenvalue weighted by Crippen LogP contribution is -2.41. The normalized spacial score (nSPS) is 16.2. The molecule has 1 aliphatic rings. The van der Waals surface area contributed by atoms with E-state index in [0.29, 0.717) is 18.7 Å². The summed E-state index contributed by atoms with van der Waals surface area (Å²) >= 11 is 0. The molecule has 1 amide bonds. The summed E-state index contributed by atoms with van der Waals surface area (Å²) in [6, 6.07) is 4.53. The van der Waals surface area contributed by atoms with Crippen LogP contribution in [0.15, 0.2) is 23.1 Å². The average molecular weight is 411 g/mol. The molecule has 0 spiro atoms. The molecular weight excluding hydrogens is 380 g/mol. The Morgan fingerprint density at radius 2 is 1.82 bits per heavy atom. The van der Waals surface area contributed by atoms with Crippen LogP contribution in [-0.4, -0.2) is 49.8 Å². The molecule has 8 heteroatoms. The van der Waals surface area contributed by atoms with Crippen molar-refractivity contribution in [3.05, 3.63) is 29.3 Å². The molecular formula is C20H30N2O5S. The van der Waals surface area contributed by atoms with E-state index in [1.54, 1.807) is 26.8 Å². The van der Waals surface area contributed by atoms with E-state index >= 15 is 0 Å². The SMILES string of the molecule is CCN(CC)S(=O)(=O)c1ccc(C)c(C(=O)O[C@@H](C)C(=O)NC2CCCC2)c1. The predicted octanol–water partition coefficient (Wildman–Crippen LogP) is 2.63. The minimum Gasteiger partial charge on any atom is -0.449 e. The van der Waals surface area contributed by atoms with Crippen LogP contribution >= 0.6 is 0 Å². The van der Waals surface area contributed by atoms with Crippen molar-refractivity contribution in [2.75, 3.05) is 13.1 Å². The fourth-order valence-corrected chi connectivity index (χ4v) is 4.85. The second-order valence-electron chi connectivity index (χ2n) is 7.10. The maximum Gasteiger partial charge on any atom is 0.339 e. The third-order valence-corrected chi connectivity index (χ3v) is 7.17. The molecule has 0 saturated heterocycles. The highest BCUT2D eigenvalue weighted by molar-refractivity contribution is 7.89. The Morgan fingerprint density at radius 3 is 2.39 bits per heavy atom. The molecule has 0 bridgehead atoms. The van der Waals surface area contributed by atoms with Gasteiger partial charge in [0.05, 0.1) is 10.5 Å². The second kappa shape index (κ2) is 9.52. The van der Waals surface area contributed by atoms with E-state index in [1.807, 2.05) is 0 Å². The van der Waals surface area contributed by atoms with Crippen LogP contribution in [0.25, 0.3) is 0 Å². The van der Waals surface area contributed by atoms with Gasteiger partial charge < -0.3 is 10.1 Å². The minimum absolute atomic E-state index is 0.0387. The van der Waals surface area contributed by atoms with Gasteiger partial charge in [-0.15, -0.1) is 0 Å². The van der Waals surface area contributed by atoms with Crippen molar-refractivity contribution in [1.82, 2.24) is 9.62 Å². The van der Waals surface area contributed by atoms with Gasteiger partial charge in [0, 0.05) is 19.1 Å². The van der Waals surface area contributed by atoms with E-state index in [2.05, 4.69) is 5.32 Å². The van der Waals surface area contributed by atoms with Crippen molar-refractivity contribution in [3.63, 3.8) is 0 Å². The lowest BCUT2D eigenvalue weighted by atomic mass is 10.1. The largest absolute Gasteiger partial charge is 0.449 e. The van der Waals surface area contributed by atoms with Crippen molar-refractivity contribution in [1.29, 1.82) is 0 Å². The molecule has 28 heavy (non-hydrogen) atoms. The monoisotopic (exact) mass is 410 g/mol. The Labute approximate surface area is 167 Å². The van der Waals surface area contributed by atoms with Crippen molar-refractivity contribution in [2.24, 2.45) is 0 Å². The molecule has 1 aromatic rings. The zero-order valence-corrected chi connectivity index (χ0v) is 17.8. The van der Waals surface area contributed by atoms with E-state index in [9.17, 15) is 18.0 Å². The van der Waals surface area contributed by atoms with Gasteiger partial charge in [-0.2, -0.15) is 4.31 Å². The summed E-state index contributed by atoms with van der Waals surface area (Å²) in [6.45, 7) is 7.42. The number of nitrogens with one attached hydrogen (secondary N) is 1. The zero-order chi connectivity index (χ0) is 20.9. The molecule has 1 N–H and O–H groups in total. The molecule has 156 valence electrons. The number of esters is 1. The van der Waals surface area contributed by atoms with Gasteiger partial charge in [-0.25, -0.2) is 13.2 Å². The summed E-state index contributed by atoms with van der Waals surface area (Å²) in [7, 11) is -3.69. The number of rotatable bonds is 8. The average Bonchev–Trinajstić information content (AvgIpc) is 3.15. The molecule has 1 atom stereocenters. The topological polar surface area (TPSA) is 92.8 Å². The molecule has 0 heterocycles. The lowest BCUT2D eigenvalue weighted by molar-refractivity contribution is -0.129. The van der Waals surface area contributed by atoms with Crippen LogP contribution in [0.4, 0.5) is 0 Å². The minimum atomic E-state index is -3.69. The first-order valence-corrected chi connectivity index (χ1v) is 11.3. The number of amides is 1. The number of hydrogen-bond donors (Lipinski definition) is 1. The van der Waals surface area contributed by atoms with E-state index in [-0.39, 0.29) is 22.4 Å². The van der Waals surface area contributed by atoms with Gasteiger partial charge in [0.15, 0.2) is 6.10 Å². The molecule has 1 saturated carbocycles. The summed E-state index contributed by atoms with van der Waals surface area (Å²) in [5.41, 5.74) is 0.737. The van der Waals surface area contributed by atoms with Gasteiger partial charge in [-0.1, -0.05) is 32.8 Å². The Hall–Kier alpha value is -1.93. The predicted molar refractivity (Wildman–Crippen MR) is 107 cm³/mol. The summed E-state index contributed by atoms with van der Waals surface area (Å²) in [5.74, 6) is -1.03. The van der Waals surface area contributed by atoms with E-state index in [0.717, 1.165) is 25.7 Å². The zero-order valence-electron chi connectivity index (χ0n) is 17.0. The number of carbonyl (C=O) groups is 2. The van der Waals surface area contributed by atoms with Gasteiger partial charge in [0.1, 0.15) is 0 Å². The van der Waals surface area contributed by atoms with E-state index < -0.39 is 22.1 Å². The fraction of sp³-hybridized carbons (Fsp3) is 0.600. The van der Waals surface area contributed by atoms with Crippen molar-refractivity contribution < 1.29 is 22.7 Å². The molecule has 1 aliphatic carbocycles. The van der Waals surface area contributed by atoms with Gasteiger partial charge in [0.2, 0.25) is 10.0 Å². The summed E-state index contributed by atoms with van der Waals surface area (Å²) in [5, 5.41) is 2.90. The molecule has 0 unspecified atom stereocenters. The first kappa shape index (κ1) is 22.4. The highest BCUT2D eigenvalue weighted by Gasteiger charge is 2.26. The number of sulfonamides is 1. The van der Waals surface area contributed by atoms with Crippen LogP contribution in [0.1, 0.15) is 62.4 Å². The molecule has 0 aromatic heterocycles. The standard InChI is InChI=1S/C20H30N2O5S/c1-5-22(6-2)28(25,26)17-12-11-14(3)18(13-17)20(24)27-15(4)19(23)21-16-9-7-8-10-16/h11-13,15-16H,5-10H2,1-4H3,(H,21,23)/t15-/m0/s1. The van der Waals surface area contributed by atoms with Gasteiger partial charge >= 0.3 is 5.97 Å². The molecule has 0 radical (unpaired) electrons. The lowest BCUT2D eigenvalue weighted by Gasteiger charge is -2.20. The third-order valence-electron chi connectivity index (χ3n) is 5.13. The van der Waals surface area contributed by atoms with Crippen LogP contribution in [0.5, 0.6) is 0 Å². The summed E-state index contributed by atoms with van der Waals surface area (Å²) < 4.78 is 32.1. The fourth-order valence-electron chi connectivity index (χ4n) is 3.36. The van der Waals surface area contributed by atoms with Crippen LogP contribution in [0.3, 0.4) is 0 Å². The Bertz CT molecular complexity index is 812. The highest BCUT2D eigenvalue weighted by atomic mass is 32.2. The number of benzene rings is 1. The quantitative estimate of drug-likeness (QED) is 0.665. The van der Waals surface area contributed by atoms with E-state index in [4.69, 9.17) is 4.74 Å². The van der Waals surface area contributed by atoms with Gasteiger partial charge in [0.25, 0.3) is 5.91 Å². The first-order chi connectivity index (χ1) is 13.2. The number of hydrogen-bond acceptors (Lipinski definition) is 5. The molecule has 2 rings (SSSR count). The third kappa shape index (κ3) is 5.11. The summed E-state index contributed by atoms with van der Waals surface area (Å²) in [6.07, 6.45) is 3.11. The van der Waals surface area contributed by atoms with Crippen molar-refractivity contribution in [2.45, 2.75) is 70.4 Å². The van der Waals surface area contributed by atoms with Crippen LogP contribution < -0.4 is 5.32 Å².